The standard InChI is InChI=1S/C21H32N6O2/c1-25-9-12-27(3,13-10-25)11-4-14-29-19-6-5-17(22)15-18(19)24-21(28)16-20-23-7-8-26(20)2/h5-8,15H,4,9-14,16,22H2,1-3H3/q+1/p+1. The number of piperazine rings is 1. The molecule has 3 N–H and O–H groups in total. The minimum atomic E-state index is -0.148. The highest BCUT2D eigenvalue weighted by Crippen LogP contribution is 2.27. The number of benzene rings is 1. The number of ether oxygens (including phenoxy) is 1. The summed E-state index contributed by atoms with van der Waals surface area (Å²) in [5.41, 5.74) is 7.10. The van der Waals surface area contributed by atoms with Crippen molar-refractivity contribution in [3.05, 3.63) is 30.6 Å². The van der Waals surface area contributed by atoms with Crippen molar-refractivity contribution in [2.24, 2.45) is 0 Å². The van der Waals surface area contributed by atoms with Crippen molar-refractivity contribution in [2.75, 3.05) is 71.5 Å². The Bertz CT molecular complexity index is 783. The first-order valence-corrected chi connectivity index (χ1v) is 10.2. The van der Waals surface area contributed by atoms with Gasteiger partial charge in [0.05, 0.1) is 46.0 Å². The minimum Gasteiger partial charge on any atom is -0.491 e. The molecule has 1 radical (unpaired) electrons. The van der Waals surface area contributed by atoms with Gasteiger partial charge in [0.2, 0.25) is 5.91 Å². The number of likely N-dealkylation sites (N-methyl/N-ethyl adjacent to an activating group) is 2. The molecule has 0 saturated carbocycles. The van der Waals surface area contributed by atoms with E-state index in [1.54, 1.807) is 18.3 Å². The van der Waals surface area contributed by atoms with E-state index in [0.717, 1.165) is 30.5 Å². The Balaban J connectivity index is 1.51. The van der Waals surface area contributed by atoms with Crippen LogP contribution in [0.3, 0.4) is 0 Å². The van der Waals surface area contributed by atoms with Gasteiger partial charge in [0.15, 0.2) is 6.20 Å². The van der Waals surface area contributed by atoms with E-state index >= 15 is 0 Å². The van der Waals surface area contributed by atoms with Crippen molar-refractivity contribution in [2.45, 2.75) is 12.8 Å². The molecule has 0 atom stereocenters. The molecule has 2 aliphatic rings. The molecule has 8 nitrogen and oxygen atoms in total. The number of hydrogen-bond donors (Lipinski definition) is 2. The van der Waals surface area contributed by atoms with Crippen molar-refractivity contribution >= 4 is 23.1 Å². The molecule has 1 fully saturated rings. The fourth-order valence-corrected chi connectivity index (χ4v) is 3.58. The predicted octanol–water partition coefficient (Wildman–Crippen LogP) is 0.909. The van der Waals surface area contributed by atoms with Gasteiger partial charge >= 0.3 is 5.84 Å². The molecule has 2 heterocycles. The van der Waals surface area contributed by atoms with Crippen LogP contribution in [0.4, 0.5) is 11.4 Å². The van der Waals surface area contributed by atoms with Gasteiger partial charge in [-0.05, 0) is 25.2 Å². The molecule has 8 heteroatoms. The van der Waals surface area contributed by atoms with Crippen LogP contribution in [0.1, 0.15) is 12.8 Å². The number of quaternary nitrogens is 1. The molecule has 157 valence electrons. The summed E-state index contributed by atoms with van der Waals surface area (Å²) in [7, 11) is 6.37. The minimum absolute atomic E-state index is 0.148. The van der Waals surface area contributed by atoms with Gasteiger partial charge in [-0.1, -0.05) is 4.99 Å². The van der Waals surface area contributed by atoms with Crippen LogP contribution in [0.2, 0.25) is 0 Å². The number of anilines is 2. The Morgan fingerprint density at radius 1 is 1.31 bits per heavy atom. The molecule has 1 saturated heterocycles. The summed E-state index contributed by atoms with van der Waals surface area (Å²) in [4.78, 5) is 20.8. The molecule has 0 aromatic heterocycles. The molecule has 2 aliphatic heterocycles. The number of aliphatic imine (C=N–C) groups is 1. The Morgan fingerprint density at radius 3 is 2.76 bits per heavy atom. The second-order valence-corrected chi connectivity index (χ2v) is 8.23. The van der Waals surface area contributed by atoms with Gasteiger partial charge < -0.3 is 20.3 Å². The van der Waals surface area contributed by atoms with Crippen LogP contribution < -0.4 is 20.8 Å². The lowest BCUT2D eigenvalue weighted by molar-refractivity contribution is -0.913. The first kappa shape index (κ1) is 21.1. The quantitative estimate of drug-likeness (QED) is 0.384. The summed E-state index contributed by atoms with van der Waals surface area (Å²) < 4.78 is 7.08. The molecule has 3 rings (SSSR count). The third-order valence-corrected chi connectivity index (χ3v) is 5.66. The number of nitrogens with zero attached hydrogens (tertiary/aromatic N) is 4. The van der Waals surface area contributed by atoms with Crippen molar-refractivity contribution in [1.82, 2.24) is 14.8 Å². The number of hydrogen-bond acceptors (Lipinski definition) is 6. The summed E-state index contributed by atoms with van der Waals surface area (Å²) >= 11 is 0. The first-order chi connectivity index (χ1) is 13.8. The smallest absolute Gasteiger partial charge is 0.307 e. The number of amidine groups is 1. The Labute approximate surface area is 173 Å². The summed E-state index contributed by atoms with van der Waals surface area (Å²) in [6.45, 7) is 6.32. The lowest BCUT2D eigenvalue weighted by Crippen LogP contribution is -2.56. The maximum atomic E-state index is 12.4. The number of carbonyl (C=O) groups is 1. The summed E-state index contributed by atoms with van der Waals surface area (Å²) in [5, 5.41) is 2.91. The molecule has 0 unspecified atom stereocenters. The lowest BCUT2D eigenvalue weighted by Gasteiger charge is -2.41. The number of nitrogen functional groups attached to an aromatic ring is 1. The van der Waals surface area contributed by atoms with E-state index in [2.05, 4.69) is 29.3 Å². The third kappa shape index (κ3) is 5.95. The summed E-state index contributed by atoms with van der Waals surface area (Å²) in [5.74, 6) is 1.21. The molecular formula is C21H33N6O2+2. The molecule has 29 heavy (non-hydrogen) atoms. The van der Waals surface area contributed by atoms with Gasteiger partial charge in [-0.2, -0.15) is 0 Å². The predicted molar refractivity (Wildman–Crippen MR) is 117 cm³/mol. The van der Waals surface area contributed by atoms with Crippen LogP contribution in [-0.4, -0.2) is 86.5 Å². The topological polar surface area (TPSA) is 84.9 Å². The van der Waals surface area contributed by atoms with E-state index in [1.165, 1.54) is 13.1 Å². The average Bonchev–Trinajstić information content (AvgIpc) is 3.07. The number of rotatable bonds is 8. The highest BCUT2D eigenvalue weighted by molar-refractivity contribution is 6.06. The third-order valence-electron chi connectivity index (χ3n) is 5.66. The maximum absolute atomic E-state index is 12.4. The van der Waals surface area contributed by atoms with Gasteiger partial charge in [0.25, 0.3) is 0 Å². The largest absolute Gasteiger partial charge is 0.491 e. The van der Waals surface area contributed by atoms with E-state index in [9.17, 15) is 4.79 Å². The number of carbonyl (C=O) groups excluding carboxylic acids is 1. The molecule has 0 bridgehead atoms. The van der Waals surface area contributed by atoms with Gasteiger partial charge in [-0.25, -0.2) is 4.90 Å². The summed E-state index contributed by atoms with van der Waals surface area (Å²) in [6, 6.07) is 5.34. The Morgan fingerprint density at radius 2 is 2.07 bits per heavy atom. The zero-order chi connectivity index (χ0) is 20.9. The second kappa shape index (κ2) is 9.28. The molecule has 1 amide bonds. The Hall–Kier alpha value is -2.58. The van der Waals surface area contributed by atoms with Gasteiger partial charge in [-0.3, -0.25) is 9.69 Å². The van der Waals surface area contributed by atoms with Crippen LogP contribution in [0.25, 0.3) is 0 Å². The number of nitrogens with one attached hydrogen (secondary N) is 1. The lowest BCUT2D eigenvalue weighted by atomic mass is 10.2. The van der Waals surface area contributed by atoms with Gasteiger partial charge in [-0.15, -0.1) is 0 Å². The maximum Gasteiger partial charge on any atom is 0.307 e. The fourth-order valence-electron chi connectivity index (χ4n) is 3.58. The monoisotopic (exact) mass is 401 g/mol. The molecule has 0 spiro atoms. The van der Waals surface area contributed by atoms with E-state index in [0.29, 0.717) is 29.6 Å². The SMILES string of the molecule is CN1CC[N+](C)(CCCOc2ccc(N)cc2NC(=O)CC2=[N+]C=CN2C)CC1. The van der Waals surface area contributed by atoms with E-state index < -0.39 is 0 Å². The van der Waals surface area contributed by atoms with Crippen LogP contribution in [-0.2, 0) is 4.79 Å². The second-order valence-electron chi connectivity index (χ2n) is 8.23. The number of amides is 1. The van der Waals surface area contributed by atoms with Crippen LogP contribution in [0.15, 0.2) is 30.6 Å². The van der Waals surface area contributed by atoms with Crippen molar-refractivity contribution in [3.63, 3.8) is 0 Å². The van der Waals surface area contributed by atoms with E-state index in [-0.39, 0.29) is 12.3 Å². The van der Waals surface area contributed by atoms with E-state index in [4.69, 9.17) is 10.5 Å². The number of nitrogens with two attached hydrogens (primary N) is 1. The zero-order valence-corrected chi connectivity index (χ0v) is 17.7. The highest BCUT2D eigenvalue weighted by Gasteiger charge is 2.26. The van der Waals surface area contributed by atoms with Gasteiger partial charge in [0.1, 0.15) is 18.4 Å². The zero-order valence-electron chi connectivity index (χ0n) is 17.7. The molecule has 0 aliphatic carbocycles. The highest BCUT2D eigenvalue weighted by atomic mass is 16.5. The van der Waals surface area contributed by atoms with Crippen molar-refractivity contribution < 1.29 is 14.0 Å². The summed E-state index contributed by atoms with van der Waals surface area (Å²) in [6.07, 6.45) is 4.66. The van der Waals surface area contributed by atoms with Crippen LogP contribution in [0.5, 0.6) is 5.75 Å². The molecule has 1 aromatic carbocycles. The van der Waals surface area contributed by atoms with Crippen molar-refractivity contribution in [1.29, 1.82) is 0 Å². The van der Waals surface area contributed by atoms with Crippen LogP contribution >= 0.6 is 0 Å². The molecular weight excluding hydrogens is 368 g/mol. The Kier molecular flexibility index (Phi) is 6.76. The van der Waals surface area contributed by atoms with Crippen LogP contribution in [0, 0.1) is 0 Å². The van der Waals surface area contributed by atoms with E-state index in [1.807, 2.05) is 24.2 Å². The first-order valence-electron chi connectivity index (χ1n) is 10.2. The molecule has 1 aromatic rings. The van der Waals surface area contributed by atoms with Gasteiger partial charge in [0, 0.05) is 25.2 Å². The average molecular weight is 402 g/mol. The van der Waals surface area contributed by atoms with Crippen molar-refractivity contribution in [3.8, 4) is 5.75 Å². The normalized spacial score (nSPS) is 18.6. The fraction of sp³-hybridized carbons (Fsp3) is 0.524.